The van der Waals surface area contributed by atoms with Gasteiger partial charge in [-0.25, -0.2) is 4.39 Å². The van der Waals surface area contributed by atoms with E-state index in [0.717, 1.165) is 41.5 Å². The summed E-state index contributed by atoms with van der Waals surface area (Å²) in [5.74, 6) is 0.348. The van der Waals surface area contributed by atoms with E-state index < -0.39 is 0 Å². The van der Waals surface area contributed by atoms with E-state index in [1.165, 1.54) is 34.3 Å². The minimum absolute atomic E-state index is 0.212. The van der Waals surface area contributed by atoms with Crippen LogP contribution in [0.4, 0.5) is 4.39 Å². The smallest absolute Gasteiger partial charge is 0.124 e. The number of hydrogen-bond acceptors (Lipinski definition) is 3. The topological polar surface area (TPSA) is 15.3 Å². The Morgan fingerprint density at radius 1 is 1.32 bits per heavy atom. The number of rotatable bonds is 9. The van der Waals surface area contributed by atoms with Gasteiger partial charge in [-0.1, -0.05) is 67.4 Å². The molecule has 0 saturated carbocycles. The zero-order chi connectivity index (χ0) is 22.4. The van der Waals surface area contributed by atoms with Crippen molar-refractivity contribution in [2.75, 3.05) is 19.6 Å². The number of nitrogens with zero attached hydrogens (tertiary/aromatic N) is 1. The Morgan fingerprint density at radius 2 is 2.06 bits per heavy atom. The third kappa shape index (κ3) is 6.32. The molecule has 1 N–H and O–H groups in total. The first-order chi connectivity index (χ1) is 14.9. The van der Waals surface area contributed by atoms with Crippen LogP contribution >= 0.6 is 21.0 Å². The molecule has 0 spiro atoms. The van der Waals surface area contributed by atoms with Gasteiger partial charge in [0.15, 0.2) is 0 Å². The fourth-order valence-electron chi connectivity index (χ4n) is 3.98. The molecular weight excluding hydrogens is 422 g/mol. The summed E-state index contributed by atoms with van der Waals surface area (Å²) in [6.45, 7) is 15.4. The number of likely N-dealkylation sites (tertiary alicyclic amines) is 1. The number of benzene rings is 2. The Bertz CT molecular complexity index is 957. The van der Waals surface area contributed by atoms with Crippen molar-refractivity contribution >= 4 is 26.3 Å². The molecular formula is C26H32FN2PS. The number of aryl methyl sites for hydroxylation is 1. The quantitative estimate of drug-likeness (QED) is 0.266. The first-order valence-electron chi connectivity index (χ1n) is 10.7. The van der Waals surface area contributed by atoms with Gasteiger partial charge in [0.2, 0.25) is 0 Å². The van der Waals surface area contributed by atoms with E-state index >= 15 is 0 Å². The fraction of sp³-hybridized carbons (Fsp3) is 0.308. The molecule has 2 nitrogen and oxygen atoms in total. The van der Waals surface area contributed by atoms with Crippen molar-refractivity contribution < 1.29 is 4.39 Å². The minimum Gasteiger partial charge on any atom is -0.380 e. The van der Waals surface area contributed by atoms with Crippen molar-refractivity contribution in [3.05, 3.63) is 95.3 Å². The maximum Gasteiger partial charge on any atom is 0.124 e. The lowest BCUT2D eigenvalue weighted by atomic mass is 10.0. The van der Waals surface area contributed by atoms with Gasteiger partial charge in [-0.15, -0.1) is 9.24 Å². The van der Waals surface area contributed by atoms with Gasteiger partial charge in [-0.2, -0.15) is 0 Å². The van der Waals surface area contributed by atoms with Crippen molar-refractivity contribution in [2.45, 2.75) is 31.2 Å². The van der Waals surface area contributed by atoms with Gasteiger partial charge in [0.25, 0.3) is 0 Å². The highest BCUT2D eigenvalue weighted by Crippen LogP contribution is 2.32. The van der Waals surface area contributed by atoms with Gasteiger partial charge < -0.3 is 5.32 Å². The van der Waals surface area contributed by atoms with Gasteiger partial charge in [0.05, 0.1) is 5.03 Å². The molecule has 31 heavy (non-hydrogen) atoms. The minimum atomic E-state index is -0.212. The number of hydrogen-bond donors (Lipinski definition) is 1. The zero-order valence-corrected chi connectivity index (χ0v) is 20.4. The molecule has 1 fully saturated rings. The molecule has 2 aromatic rings. The Morgan fingerprint density at radius 3 is 2.77 bits per heavy atom. The van der Waals surface area contributed by atoms with Crippen molar-refractivity contribution in [1.29, 1.82) is 0 Å². The molecule has 0 bridgehead atoms. The normalized spacial score (nSPS) is 18.4. The largest absolute Gasteiger partial charge is 0.380 e. The summed E-state index contributed by atoms with van der Waals surface area (Å²) in [6, 6.07) is 15.6. The molecule has 5 heteroatoms. The van der Waals surface area contributed by atoms with Gasteiger partial charge in [0, 0.05) is 24.0 Å². The van der Waals surface area contributed by atoms with Crippen LogP contribution in [-0.4, -0.2) is 30.6 Å². The van der Waals surface area contributed by atoms with Crippen molar-refractivity contribution in [3.63, 3.8) is 0 Å². The molecule has 0 aromatic heterocycles. The molecule has 2 unspecified atom stereocenters. The third-order valence-electron chi connectivity index (χ3n) is 5.90. The maximum atomic E-state index is 13.5. The zero-order valence-electron chi connectivity index (χ0n) is 18.4. The van der Waals surface area contributed by atoms with E-state index in [1.807, 2.05) is 25.1 Å². The lowest BCUT2D eigenvalue weighted by Crippen LogP contribution is -2.33. The number of thioether (sulfide) groups is 1. The molecule has 1 aliphatic heterocycles. The highest BCUT2D eigenvalue weighted by Gasteiger charge is 2.28. The molecule has 164 valence electrons. The van der Waals surface area contributed by atoms with Crippen LogP contribution in [0.25, 0.3) is 5.31 Å². The summed E-state index contributed by atoms with van der Waals surface area (Å²) in [4.78, 5) is 3.44. The molecule has 3 atom stereocenters. The molecule has 1 heterocycles. The lowest BCUT2D eigenvalue weighted by Gasteiger charge is -2.27. The van der Waals surface area contributed by atoms with Crippen LogP contribution in [-0.2, 0) is 0 Å². The first-order valence-corrected chi connectivity index (χ1v) is 12.1. The predicted octanol–water partition coefficient (Wildman–Crippen LogP) is 6.47. The lowest BCUT2D eigenvalue weighted by molar-refractivity contribution is 0.281. The summed E-state index contributed by atoms with van der Waals surface area (Å²) in [7, 11) is 2.90. The van der Waals surface area contributed by atoms with E-state index in [4.69, 9.17) is 0 Å². The summed E-state index contributed by atoms with van der Waals surface area (Å²) in [5, 5.41) is 5.53. The molecule has 0 radical (unpaired) electrons. The Balaban J connectivity index is 1.55. The predicted molar refractivity (Wildman–Crippen MR) is 137 cm³/mol. The fourth-order valence-corrected chi connectivity index (χ4v) is 5.35. The monoisotopic (exact) mass is 454 g/mol. The number of halogens is 1. The van der Waals surface area contributed by atoms with Crippen LogP contribution in [0.1, 0.15) is 24.5 Å². The Kier molecular flexibility index (Phi) is 8.54. The van der Waals surface area contributed by atoms with Crippen LogP contribution in [0.3, 0.4) is 0 Å². The molecule has 0 amide bonds. The summed E-state index contributed by atoms with van der Waals surface area (Å²) in [6.07, 6.45) is 3.14. The van der Waals surface area contributed by atoms with Crippen LogP contribution in [0.2, 0.25) is 0 Å². The summed E-state index contributed by atoms with van der Waals surface area (Å²) < 4.78 is 13.5. The van der Waals surface area contributed by atoms with Crippen molar-refractivity contribution in [2.24, 2.45) is 5.92 Å². The van der Waals surface area contributed by atoms with Gasteiger partial charge >= 0.3 is 0 Å². The van der Waals surface area contributed by atoms with Crippen LogP contribution in [0.5, 0.6) is 0 Å². The highest BCUT2D eigenvalue weighted by molar-refractivity contribution is 8.03. The standard InChI is InChI=1S/C26H32FN2PS/c1-5-24(26(30)22-9-7-6-8-10-22)19(3)29-14-13-21(17-29)16-28-20(4)31-25-15-23(27)12-11-18(25)2/h5-12,15,19,21,28H,1,4,13-14,16-17,30H2,2-3H3/b26-24+/t19?,21-/m0/s1. The molecule has 2 aromatic carbocycles. The number of nitrogens with one attached hydrogen (secondary N) is 1. The van der Waals surface area contributed by atoms with Crippen LogP contribution < -0.4 is 5.32 Å². The van der Waals surface area contributed by atoms with Crippen LogP contribution in [0, 0.1) is 18.7 Å². The Hall–Kier alpha value is -1.87. The third-order valence-corrected chi connectivity index (χ3v) is 7.62. The van der Waals surface area contributed by atoms with Gasteiger partial charge in [-0.05, 0) is 66.9 Å². The molecule has 1 saturated heterocycles. The van der Waals surface area contributed by atoms with Crippen molar-refractivity contribution in [3.8, 4) is 0 Å². The second-order valence-corrected chi connectivity index (χ2v) is 9.79. The van der Waals surface area contributed by atoms with E-state index in [9.17, 15) is 4.39 Å². The average molecular weight is 455 g/mol. The van der Waals surface area contributed by atoms with Crippen molar-refractivity contribution in [1.82, 2.24) is 10.2 Å². The molecule has 3 rings (SSSR count). The second kappa shape index (κ2) is 11.1. The highest BCUT2D eigenvalue weighted by atomic mass is 32.2. The van der Waals surface area contributed by atoms with Gasteiger partial charge in [-0.3, -0.25) is 4.90 Å². The molecule has 0 aliphatic carbocycles. The summed E-state index contributed by atoms with van der Waals surface area (Å²) in [5.41, 5.74) is 3.53. The Labute approximate surface area is 192 Å². The maximum absolute atomic E-state index is 13.5. The average Bonchev–Trinajstić information content (AvgIpc) is 3.25. The van der Waals surface area contributed by atoms with E-state index in [2.05, 4.69) is 63.8 Å². The van der Waals surface area contributed by atoms with E-state index in [-0.39, 0.29) is 5.82 Å². The second-order valence-electron chi connectivity index (χ2n) is 8.08. The van der Waals surface area contributed by atoms with E-state index in [0.29, 0.717) is 12.0 Å². The SMILES string of the molecule is C=C/C(=C(\P)c1ccccc1)C(C)N1CC[C@@H](CNC(=C)Sc2cc(F)ccc2C)C1. The van der Waals surface area contributed by atoms with Crippen LogP contribution in [0.15, 0.2) is 83.3 Å². The first kappa shape index (κ1) is 23.8. The van der Waals surface area contributed by atoms with Gasteiger partial charge in [0.1, 0.15) is 5.82 Å². The van der Waals surface area contributed by atoms with E-state index in [1.54, 1.807) is 6.07 Å². The summed E-state index contributed by atoms with van der Waals surface area (Å²) >= 11 is 1.50. The molecule has 1 aliphatic rings.